The van der Waals surface area contributed by atoms with Crippen molar-refractivity contribution in [2.45, 2.75) is 51.0 Å². The van der Waals surface area contributed by atoms with E-state index in [1.54, 1.807) is 0 Å². The standard InChI is InChI=1S/C12H18N2S/c1-8-3-4-9-10(7-8)15-11(14-9)12(13)5-2-6-12/h8H,2-7,13H2,1H3. The molecule has 1 atom stereocenters. The van der Waals surface area contributed by atoms with Crippen molar-refractivity contribution in [1.82, 2.24) is 4.98 Å². The number of aromatic nitrogens is 1. The third-order valence-electron chi connectivity index (χ3n) is 3.86. The molecule has 0 amide bonds. The van der Waals surface area contributed by atoms with Gasteiger partial charge in [0, 0.05) is 4.88 Å². The maximum Gasteiger partial charge on any atom is 0.113 e. The summed E-state index contributed by atoms with van der Waals surface area (Å²) in [4.78, 5) is 6.29. The Morgan fingerprint density at radius 2 is 2.27 bits per heavy atom. The van der Waals surface area contributed by atoms with E-state index in [-0.39, 0.29) is 5.54 Å². The van der Waals surface area contributed by atoms with Gasteiger partial charge in [-0.1, -0.05) is 6.92 Å². The van der Waals surface area contributed by atoms with E-state index >= 15 is 0 Å². The molecular formula is C12H18N2S. The zero-order chi connectivity index (χ0) is 10.5. The van der Waals surface area contributed by atoms with Crippen molar-refractivity contribution < 1.29 is 0 Å². The van der Waals surface area contributed by atoms with E-state index in [1.165, 1.54) is 41.3 Å². The van der Waals surface area contributed by atoms with Crippen LogP contribution in [0.15, 0.2) is 0 Å². The number of hydrogen-bond donors (Lipinski definition) is 1. The van der Waals surface area contributed by atoms with Crippen LogP contribution in [0.1, 0.15) is 48.2 Å². The molecule has 82 valence electrons. The van der Waals surface area contributed by atoms with Crippen LogP contribution in [0.25, 0.3) is 0 Å². The maximum atomic E-state index is 6.32. The van der Waals surface area contributed by atoms with Crippen LogP contribution >= 0.6 is 11.3 Å². The first-order valence-electron chi connectivity index (χ1n) is 5.95. The Kier molecular flexibility index (Phi) is 2.15. The quantitative estimate of drug-likeness (QED) is 0.793. The van der Waals surface area contributed by atoms with Crippen molar-refractivity contribution in [2.24, 2.45) is 11.7 Å². The van der Waals surface area contributed by atoms with Gasteiger partial charge in [-0.25, -0.2) is 4.98 Å². The molecule has 1 heterocycles. The van der Waals surface area contributed by atoms with Gasteiger partial charge in [0.1, 0.15) is 5.01 Å². The topological polar surface area (TPSA) is 38.9 Å². The molecule has 2 nitrogen and oxygen atoms in total. The molecule has 3 rings (SSSR count). The minimum Gasteiger partial charge on any atom is -0.319 e. The molecule has 2 aliphatic rings. The molecule has 1 unspecified atom stereocenters. The van der Waals surface area contributed by atoms with Crippen molar-refractivity contribution in [2.75, 3.05) is 0 Å². The zero-order valence-corrected chi connectivity index (χ0v) is 10.1. The van der Waals surface area contributed by atoms with E-state index in [4.69, 9.17) is 10.7 Å². The lowest BCUT2D eigenvalue weighted by atomic mass is 9.78. The molecule has 0 radical (unpaired) electrons. The van der Waals surface area contributed by atoms with Gasteiger partial charge in [-0.05, 0) is 44.4 Å². The summed E-state index contributed by atoms with van der Waals surface area (Å²) in [6, 6.07) is 0. The molecule has 15 heavy (non-hydrogen) atoms. The molecule has 1 fully saturated rings. The molecule has 3 heteroatoms. The molecule has 1 aromatic rings. The Balaban J connectivity index is 1.92. The van der Waals surface area contributed by atoms with Gasteiger partial charge in [0.2, 0.25) is 0 Å². The van der Waals surface area contributed by atoms with E-state index in [0.29, 0.717) is 0 Å². The van der Waals surface area contributed by atoms with E-state index in [0.717, 1.165) is 18.8 Å². The number of nitrogens with two attached hydrogens (primary N) is 1. The Hall–Kier alpha value is -0.410. The first-order chi connectivity index (χ1) is 7.17. The lowest BCUT2D eigenvalue weighted by Crippen LogP contribution is -2.43. The molecule has 2 aliphatic carbocycles. The number of nitrogens with zero attached hydrogens (tertiary/aromatic N) is 1. The van der Waals surface area contributed by atoms with E-state index in [9.17, 15) is 0 Å². The van der Waals surface area contributed by atoms with Crippen LogP contribution in [-0.2, 0) is 18.4 Å². The molecule has 1 saturated carbocycles. The van der Waals surface area contributed by atoms with Crippen LogP contribution in [0.4, 0.5) is 0 Å². The van der Waals surface area contributed by atoms with Gasteiger partial charge in [0.05, 0.1) is 11.2 Å². The highest BCUT2D eigenvalue weighted by molar-refractivity contribution is 7.11. The Morgan fingerprint density at radius 1 is 1.47 bits per heavy atom. The summed E-state index contributed by atoms with van der Waals surface area (Å²) in [5.74, 6) is 0.834. The van der Waals surface area contributed by atoms with Crippen LogP contribution < -0.4 is 5.73 Å². The summed E-state index contributed by atoms with van der Waals surface area (Å²) in [5.41, 5.74) is 7.62. The highest BCUT2D eigenvalue weighted by atomic mass is 32.1. The first kappa shape index (κ1) is 9.79. The molecule has 2 N–H and O–H groups in total. The minimum atomic E-state index is -0.0504. The zero-order valence-electron chi connectivity index (χ0n) is 9.25. The fourth-order valence-corrected chi connectivity index (χ4v) is 3.95. The van der Waals surface area contributed by atoms with Crippen molar-refractivity contribution >= 4 is 11.3 Å². The van der Waals surface area contributed by atoms with Crippen LogP contribution in [0, 0.1) is 5.92 Å². The van der Waals surface area contributed by atoms with E-state index < -0.39 is 0 Å². The highest BCUT2D eigenvalue weighted by Crippen LogP contribution is 2.42. The summed E-state index contributed by atoms with van der Waals surface area (Å²) in [6.07, 6.45) is 7.24. The third kappa shape index (κ3) is 1.53. The van der Waals surface area contributed by atoms with Gasteiger partial charge in [0.15, 0.2) is 0 Å². The number of hydrogen-bond acceptors (Lipinski definition) is 3. The average Bonchev–Trinajstić information content (AvgIpc) is 2.57. The van der Waals surface area contributed by atoms with Gasteiger partial charge in [-0.2, -0.15) is 0 Å². The maximum absolute atomic E-state index is 6.32. The summed E-state index contributed by atoms with van der Waals surface area (Å²) >= 11 is 1.89. The van der Waals surface area contributed by atoms with Crippen LogP contribution in [0.2, 0.25) is 0 Å². The van der Waals surface area contributed by atoms with E-state index in [1.807, 2.05) is 11.3 Å². The van der Waals surface area contributed by atoms with Crippen molar-refractivity contribution in [3.63, 3.8) is 0 Å². The highest BCUT2D eigenvalue weighted by Gasteiger charge is 2.38. The SMILES string of the molecule is CC1CCc2nc(C3(N)CCC3)sc2C1. The van der Waals surface area contributed by atoms with Gasteiger partial charge in [-0.3, -0.25) is 0 Å². The molecule has 0 aromatic carbocycles. The van der Waals surface area contributed by atoms with Crippen LogP contribution in [0.3, 0.4) is 0 Å². The summed E-state index contributed by atoms with van der Waals surface area (Å²) < 4.78 is 0. The second kappa shape index (κ2) is 3.29. The third-order valence-corrected chi connectivity index (χ3v) is 5.20. The average molecular weight is 222 g/mol. The van der Waals surface area contributed by atoms with Crippen molar-refractivity contribution in [1.29, 1.82) is 0 Å². The number of rotatable bonds is 1. The molecule has 0 aliphatic heterocycles. The van der Waals surface area contributed by atoms with Crippen molar-refractivity contribution in [3.05, 3.63) is 15.6 Å². The summed E-state index contributed by atoms with van der Waals surface area (Å²) in [5, 5.41) is 1.22. The van der Waals surface area contributed by atoms with Crippen LogP contribution in [-0.4, -0.2) is 4.98 Å². The monoisotopic (exact) mass is 222 g/mol. The van der Waals surface area contributed by atoms with Gasteiger partial charge in [0.25, 0.3) is 0 Å². The predicted molar refractivity (Wildman–Crippen MR) is 63.0 cm³/mol. The predicted octanol–water partition coefficient (Wildman–Crippen LogP) is 2.61. The Morgan fingerprint density at radius 3 is 2.93 bits per heavy atom. The van der Waals surface area contributed by atoms with Gasteiger partial charge in [-0.15, -0.1) is 11.3 Å². The first-order valence-corrected chi connectivity index (χ1v) is 6.77. The number of fused-ring (bicyclic) bond motifs is 1. The molecule has 0 spiro atoms. The molecule has 0 saturated heterocycles. The summed E-state index contributed by atoms with van der Waals surface area (Å²) in [7, 11) is 0. The van der Waals surface area contributed by atoms with Gasteiger partial charge >= 0.3 is 0 Å². The smallest absolute Gasteiger partial charge is 0.113 e. The Bertz CT molecular complexity index is 379. The normalized spacial score (nSPS) is 28.3. The van der Waals surface area contributed by atoms with Crippen LogP contribution in [0.5, 0.6) is 0 Å². The van der Waals surface area contributed by atoms with E-state index in [2.05, 4.69) is 6.92 Å². The minimum absolute atomic E-state index is 0.0504. The number of thiazole rings is 1. The second-order valence-electron chi connectivity index (χ2n) is 5.25. The summed E-state index contributed by atoms with van der Waals surface area (Å²) in [6.45, 7) is 2.34. The largest absolute Gasteiger partial charge is 0.319 e. The van der Waals surface area contributed by atoms with Crippen molar-refractivity contribution in [3.8, 4) is 0 Å². The number of aryl methyl sites for hydroxylation is 1. The lowest BCUT2D eigenvalue weighted by Gasteiger charge is -2.35. The lowest BCUT2D eigenvalue weighted by molar-refractivity contribution is 0.252. The molecular weight excluding hydrogens is 204 g/mol. The molecule has 1 aromatic heterocycles. The fourth-order valence-electron chi connectivity index (χ4n) is 2.52. The second-order valence-corrected chi connectivity index (χ2v) is 6.33. The fraction of sp³-hybridized carbons (Fsp3) is 0.750. The molecule has 0 bridgehead atoms. The Labute approximate surface area is 94.9 Å². The van der Waals surface area contributed by atoms with Gasteiger partial charge < -0.3 is 5.73 Å².